The molecular weight excluding hydrogens is 408 g/mol. The molecule has 29 heavy (non-hydrogen) atoms. The summed E-state index contributed by atoms with van der Waals surface area (Å²) >= 11 is 6.08. The van der Waals surface area contributed by atoms with E-state index in [0.29, 0.717) is 6.54 Å². The Hall–Kier alpha value is -1.89. The SMILES string of the molecule is CC1CCN(Cc2ccc(CNC(=O)c3cc(S(C)(=O)=O)ccc3Cl)cc2)CC1. The molecule has 3 rings (SSSR count). The quantitative estimate of drug-likeness (QED) is 0.748. The predicted molar refractivity (Wildman–Crippen MR) is 116 cm³/mol. The van der Waals surface area contributed by atoms with Crippen LogP contribution in [0.4, 0.5) is 0 Å². The minimum Gasteiger partial charge on any atom is -0.348 e. The average molecular weight is 435 g/mol. The van der Waals surface area contributed by atoms with Crippen molar-refractivity contribution in [3.63, 3.8) is 0 Å². The third-order valence-electron chi connectivity index (χ3n) is 5.37. The number of carbonyl (C=O) groups is 1. The highest BCUT2D eigenvalue weighted by molar-refractivity contribution is 7.90. The van der Waals surface area contributed by atoms with Crippen molar-refractivity contribution < 1.29 is 13.2 Å². The van der Waals surface area contributed by atoms with Crippen molar-refractivity contribution in [2.24, 2.45) is 5.92 Å². The van der Waals surface area contributed by atoms with Crippen molar-refractivity contribution in [2.45, 2.75) is 37.8 Å². The first-order chi connectivity index (χ1) is 13.7. The van der Waals surface area contributed by atoms with Crippen LogP contribution in [-0.2, 0) is 22.9 Å². The van der Waals surface area contributed by atoms with Gasteiger partial charge in [0, 0.05) is 19.3 Å². The highest BCUT2D eigenvalue weighted by Gasteiger charge is 2.17. The Morgan fingerprint density at radius 2 is 1.72 bits per heavy atom. The maximum atomic E-state index is 12.5. The number of benzene rings is 2. The number of piperidine rings is 1. The fraction of sp³-hybridized carbons (Fsp3) is 0.409. The molecule has 5 nitrogen and oxygen atoms in total. The number of nitrogens with zero attached hydrogens (tertiary/aromatic N) is 1. The highest BCUT2D eigenvalue weighted by atomic mass is 35.5. The molecule has 0 bridgehead atoms. The molecule has 1 aliphatic heterocycles. The summed E-state index contributed by atoms with van der Waals surface area (Å²) in [6.07, 6.45) is 3.62. The number of amides is 1. The number of halogens is 1. The Labute approximate surface area is 178 Å². The van der Waals surface area contributed by atoms with Gasteiger partial charge in [-0.25, -0.2) is 8.42 Å². The van der Waals surface area contributed by atoms with Gasteiger partial charge < -0.3 is 5.32 Å². The largest absolute Gasteiger partial charge is 0.348 e. The molecule has 1 fully saturated rings. The van der Waals surface area contributed by atoms with E-state index >= 15 is 0 Å². The lowest BCUT2D eigenvalue weighted by Crippen LogP contribution is -2.32. The number of rotatable bonds is 6. The molecule has 156 valence electrons. The van der Waals surface area contributed by atoms with Crippen LogP contribution >= 0.6 is 11.6 Å². The molecule has 0 radical (unpaired) electrons. The maximum absolute atomic E-state index is 12.5. The molecule has 1 heterocycles. The first kappa shape index (κ1) is 21.8. The molecule has 1 N–H and O–H groups in total. The summed E-state index contributed by atoms with van der Waals surface area (Å²) in [4.78, 5) is 15.0. The van der Waals surface area contributed by atoms with Crippen LogP contribution in [0.15, 0.2) is 47.4 Å². The summed E-state index contributed by atoms with van der Waals surface area (Å²) in [5.41, 5.74) is 2.40. The average Bonchev–Trinajstić information content (AvgIpc) is 2.68. The monoisotopic (exact) mass is 434 g/mol. The lowest BCUT2D eigenvalue weighted by molar-refractivity contribution is 0.0951. The van der Waals surface area contributed by atoms with Crippen LogP contribution in [0.1, 0.15) is 41.3 Å². The molecule has 7 heteroatoms. The minimum absolute atomic E-state index is 0.0727. The molecule has 2 aromatic carbocycles. The molecule has 1 saturated heterocycles. The van der Waals surface area contributed by atoms with Gasteiger partial charge in [0.25, 0.3) is 5.91 Å². The molecule has 2 aromatic rings. The van der Waals surface area contributed by atoms with E-state index in [1.807, 2.05) is 12.1 Å². The fourth-order valence-corrected chi connectivity index (χ4v) is 4.28. The van der Waals surface area contributed by atoms with Crippen molar-refractivity contribution in [1.82, 2.24) is 10.2 Å². The van der Waals surface area contributed by atoms with E-state index in [0.717, 1.165) is 37.4 Å². The molecule has 0 unspecified atom stereocenters. The number of hydrogen-bond donors (Lipinski definition) is 1. The fourth-order valence-electron chi connectivity index (χ4n) is 3.43. The Kier molecular flexibility index (Phi) is 6.98. The van der Waals surface area contributed by atoms with Gasteiger partial charge in [0.05, 0.1) is 15.5 Å². The van der Waals surface area contributed by atoms with Crippen LogP contribution in [0.2, 0.25) is 5.02 Å². The number of sulfone groups is 1. The van der Waals surface area contributed by atoms with Crippen LogP contribution < -0.4 is 5.32 Å². The molecule has 1 amide bonds. The Morgan fingerprint density at radius 1 is 1.10 bits per heavy atom. The normalized spacial score (nSPS) is 16.0. The zero-order valence-electron chi connectivity index (χ0n) is 16.8. The van der Waals surface area contributed by atoms with Crippen LogP contribution in [0, 0.1) is 5.92 Å². The zero-order chi connectivity index (χ0) is 21.0. The van der Waals surface area contributed by atoms with Crippen LogP contribution in [0.3, 0.4) is 0 Å². The number of likely N-dealkylation sites (tertiary alicyclic amines) is 1. The van der Waals surface area contributed by atoms with Gasteiger partial charge in [-0.1, -0.05) is 42.8 Å². The van der Waals surface area contributed by atoms with Crippen molar-refractivity contribution in [2.75, 3.05) is 19.3 Å². The summed E-state index contributed by atoms with van der Waals surface area (Å²) in [6.45, 7) is 5.90. The zero-order valence-corrected chi connectivity index (χ0v) is 18.4. The van der Waals surface area contributed by atoms with E-state index in [2.05, 4.69) is 29.3 Å². The van der Waals surface area contributed by atoms with Crippen molar-refractivity contribution in [3.8, 4) is 0 Å². The lowest BCUT2D eigenvalue weighted by Gasteiger charge is -2.30. The summed E-state index contributed by atoms with van der Waals surface area (Å²) in [5.74, 6) is 0.427. The number of nitrogens with one attached hydrogen (secondary N) is 1. The topological polar surface area (TPSA) is 66.5 Å². The third-order valence-corrected chi connectivity index (χ3v) is 6.81. The van der Waals surface area contributed by atoms with E-state index in [1.54, 1.807) is 0 Å². The van der Waals surface area contributed by atoms with Crippen molar-refractivity contribution in [1.29, 1.82) is 0 Å². The van der Waals surface area contributed by atoms with Crippen molar-refractivity contribution >= 4 is 27.3 Å². The van der Waals surface area contributed by atoms with Gasteiger partial charge in [-0.05, 0) is 61.2 Å². The standard InChI is InChI=1S/C22H27ClN2O3S/c1-16-9-11-25(12-10-16)15-18-5-3-17(4-6-18)14-24-22(26)20-13-19(29(2,27)28)7-8-21(20)23/h3-8,13,16H,9-12,14-15H2,1-2H3,(H,24,26). The Bertz CT molecular complexity index is 966. The molecule has 0 atom stereocenters. The predicted octanol–water partition coefficient (Wildman–Crippen LogP) is 3.91. The van der Waals surface area contributed by atoms with Crippen LogP contribution in [0.25, 0.3) is 0 Å². The number of hydrogen-bond acceptors (Lipinski definition) is 4. The Morgan fingerprint density at radius 3 is 2.34 bits per heavy atom. The van der Waals surface area contributed by atoms with Crippen LogP contribution in [-0.4, -0.2) is 38.6 Å². The van der Waals surface area contributed by atoms with Gasteiger partial charge in [0.15, 0.2) is 9.84 Å². The van der Waals surface area contributed by atoms with E-state index in [-0.39, 0.29) is 15.5 Å². The van der Waals surface area contributed by atoms with E-state index < -0.39 is 15.7 Å². The summed E-state index contributed by atoms with van der Waals surface area (Å²) in [5, 5.41) is 3.04. The second-order valence-electron chi connectivity index (χ2n) is 7.87. The van der Waals surface area contributed by atoms with Crippen LogP contribution in [0.5, 0.6) is 0 Å². The second kappa shape index (κ2) is 9.28. The summed E-state index contributed by atoms with van der Waals surface area (Å²) < 4.78 is 23.4. The molecule has 1 aliphatic rings. The lowest BCUT2D eigenvalue weighted by atomic mass is 9.99. The molecule has 0 aromatic heterocycles. The molecular formula is C22H27ClN2O3S. The Balaban J connectivity index is 1.58. The molecule has 0 aliphatic carbocycles. The van der Waals surface area contributed by atoms with Gasteiger partial charge in [0.2, 0.25) is 0 Å². The summed E-state index contributed by atoms with van der Waals surface area (Å²) in [7, 11) is -3.41. The summed E-state index contributed by atoms with van der Waals surface area (Å²) in [6, 6.07) is 12.4. The van der Waals surface area contributed by atoms with Gasteiger partial charge in [-0.15, -0.1) is 0 Å². The smallest absolute Gasteiger partial charge is 0.253 e. The highest BCUT2D eigenvalue weighted by Crippen LogP contribution is 2.21. The van der Waals surface area contributed by atoms with Gasteiger partial charge >= 0.3 is 0 Å². The third kappa shape index (κ3) is 6.04. The van der Waals surface area contributed by atoms with E-state index in [1.165, 1.54) is 36.6 Å². The van der Waals surface area contributed by atoms with Gasteiger partial charge in [-0.3, -0.25) is 9.69 Å². The first-order valence-electron chi connectivity index (χ1n) is 9.80. The second-order valence-corrected chi connectivity index (χ2v) is 10.3. The first-order valence-corrected chi connectivity index (χ1v) is 12.1. The van der Waals surface area contributed by atoms with Crippen molar-refractivity contribution in [3.05, 3.63) is 64.2 Å². The van der Waals surface area contributed by atoms with E-state index in [9.17, 15) is 13.2 Å². The van der Waals surface area contributed by atoms with E-state index in [4.69, 9.17) is 11.6 Å². The van der Waals surface area contributed by atoms with Gasteiger partial charge in [-0.2, -0.15) is 0 Å². The van der Waals surface area contributed by atoms with Gasteiger partial charge in [0.1, 0.15) is 0 Å². The molecule has 0 spiro atoms. The molecule has 0 saturated carbocycles. The number of carbonyl (C=O) groups excluding carboxylic acids is 1. The maximum Gasteiger partial charge on any atom is 0.253 e. The minimum atomic E-state index is -3.41.